The van der Waals surface area contributed by atoms with Crippen LogP contribution >= 0.6 is 0 Å². The van der Waals surface area contributed by atoms with Gasteiger partial charge in [-0.1, -0.05) is 13.8 Å². The second-order valence-electron chi connectivity index (χ2n) is 6.46. The third-order valence-electron chi connectivity index (χ3n) is 3.53. The van der Waals surface area contributed by atoms with Crippen LogP contribution in [0.15, 0.2) is 18.7 Å². The van der Waals surface area contributed by atoms with Crippen molar-refractivity contribution < 1.29 is 9.53 Å². The maximum atomic E-state index is 12.0. The molecule has 1 heterocycles. The number of hydrogen-bond acceptors (Lipinski definition) is 5. The molecule has 6 heteroatoms. The highest BCUT2D eigenvalue weighted by Gasteiger charge is 2.30. The molecular formula is C16H28N4O2. The molecule has 0 fully saturated rings. The summed E-state index contributed by atoms with van der Waals surface area (Å²) < 4.78 is 5.36. The van der Waals surface area contributed by atoms with Crippen molar-refractivity contribution in [3.63, 3.8) is 0 Å². The Morgan fingerprint density at radius 2 is 1.77 bits per heavy atom. The summed E-state index contributed by atoms with van der Waals surface area (Å²) in [5.41, 5.74) is 0.199. The highest BCUT2D eigenvalue weighted by molar-refractivity contribution is 5.68. The van der Waals surface area contributed by atoms with E-state index in [9.17, 15) is 4.79 Å². The highest BCUT2D eigenvalue weighted by Crippen LogP contribution is 2.16. The van der Waals surface area contributed by atoms with Gasteiger partial charge in [0.1, 0.15) is 11.9 Å². The summed E-state index contributed by atoms with van der Waals surface area (Å²) in [5.74, 6) is 0. The summed E-state index contributed by atoms with van der Waals surface area (Å²) in [5, 5.41) is 6.38. The molecule has 1 aromatic heterocycles. The Morgan fingerprint density at radius 1 is 1.18 bits per heavy atom. The van der Waals surface area contributed by atoms with E-state index in [0.29, 0.717) is 13.1 Å². The average molecular weight is 308 g/mol. The lowest BCUT2D eigenvalue weighted by atomic mass is 9.93. The van der Waals surface area contributed by atoms with Gasteiger partial charge in [-0.2, -0.15) is 0 Å². The third kappa shape index (κ3) is 6.39. The lowest BCUT2D eigenvalue weighted by Crippen LogP contribution is -2.55. The zero-order valence-electron chi connectivity index (χ0n) is 14.3. The molecule has 0 bridgehead atoms. The maximum absolute atomic E-state index is 12.0. The van der Waals surface area contributed by atoms with E-state index in [1.807, 2.05) is 20.8 Å². The van der Waals surface area contributed by atoms with Crippen LogP contribution in [0.5, 0.6) is 0 Å². The molecule has 0 aromatic carbocycles. The molecule has 2 N–H and O–H groups in total. The molecule has 124 valence electrons. The minimum absolute atomic E-state index is 0.321. The predicted molar refractivity (Wildman–Crippen MR) is 86.4 cm³/mol. The van der Waals surface area contributed by atoms with Gasteiger partial charge in [-0.05, 0) is 33.6 Å². The van der Waals surface area contributed by atoms with Crippen molar-refractivity contribution >= 4 is 6.09 Å². The topological polar surface area (TPSA) is 76.1 Å². The number of amides is 1. The Hall–Kier alpha value is -1.69. The summed E-state index contributed by atoms with van der Waals surface area (Å²) in [7, 11) is 0. The lowest BCUT2D eigenvalue weighted by Gasteiger charge is -2.34. The first kappa shape index (κ1) is 18.4. The van der Waals surface area contributed by atoms with Gasteiger partial charge >= 0.3 is 6.09 Å². The largest absolute Gasteiger partial charge is 0.444 e. The molecule has 22 heavy (non-hydrogen) atoms. The van der Waals surface area contributed by atoms with Gasteiger partial charge in [-0.3, -0.25) is 0 Å². The van der Waals surface area contributed by atoms with Gasteiger partial charge in [0, 0.05) is 31.0 Å². The van der Waals surface area contributed by atoms with Crippen LogP contribution in [0.3, 0.4) is 0 Å². The van der Waals surface area contributed by atoms with Gasteiger partial charge in [0.2, 0.25) is 0 Å². The van der Waals surface area contributed by atoms with Gasteiger partial charge in [0.05, 0.1) is 5.54 Å². The molecule has 0 saturated heterocycles. The third-order valence-corrected chi connectivity index (χ3v) is 3.53. The van der Waals surface area contributed by atoms with Crippen molar-refractivity contribution in [2.45, 2.75) is 65.1 Å². The second-order valence-corrected chi connectivity index (χ2v) is 6.46. The molecule has 6 nitrogen and oxygen atoms in total. The minimum Gasteiger partial charge on any atom is -0.444 e. The molecule has 0 aliphatic heterocycles. The van der Waals surface area contributed by atoms with Crippen LogP contribution in [0.2, 0.25) is 0 Å². The second kappa shape index (κ2) is 8.08. The van der Waals surface area contributed by atoms with E-state index < -0.39 is 5.60 Å². The Balaban J connectivity index is 2.57. The van der Waals surface area contributed by atoms with Crippen LogP contribution in [0.1, 0.15) is 53.0 Å². The fourth-order valence-electron chi connectivity index (χ4n) is 2.11. The lowest BCUT2D eigenvalue weighted by molar-refractivity contribution is 0.0446. The van der Waals surface area contributed by atoms with E-state index >= 15 is 0 Å². The van der Waals surface area contributed by atoms with E-state index in [1.54, 1.807) is 12.4 Å². The van der Waals surface area contributed by atoms with Crippen LogP contribution < -0.4 is 10.6 Å². The monoisotopic (exact) mass is 308 g/mol. The quantitative estimate of drug-likeness (QED) is 0.810. The van der Waals surface area contributed by atoms with Crippen molar-refractivity contribution in [1.82, 2.24) is 20.6 Å². The number of alkyl carbamates (subject to hydrolysis) is 1. The van der Waals surface area contributed by atoms with Crippen LogP contribution in [0.4, 0.5) is 4.79 Å². The van der Waals surface area contributed by atoms with Crippen molar-refractivity contribution in [2.75, 3.05) is 6.54 Å². The zero-order chi connectivity index (χ0) is 16.6. The van der Waals surface area contributed by atoms with Crippen LogP contribution in [-0.4, -0.2) is 33.7 Å². The number of carbonyl (C=O) groups is 1. The van der Waals surface area contributed by atoms with Gasteiger partial charge in [-0.15, -0.1) is 0 Å². The standard InChI is InChI=1S/C16H28N4O2/c1-6-16(7-2,20-14(21)22-15(3,4)5)11-17-8-13-9-18-12-19-10-13/h9-10,12,17H,6-8,11H2,1-5H3,(H,20,21). The van der Waals surface area contributed by atoms with E-state index in [1.165, 1.54) is 6.33 Å². The molecule has 1 rings (SSSR count). The molecule has 0 atom stereocenters. The van der Waals surface area contributed by atoms with Crippen LogP contribution in [0.25, 0.3) is 0 Å². The number of carbonyl (C=O) groups excluding carboxylic acids is 1. The summed E-state index contributed by atoms with van der Waals surface area (Å²) in [4.78, 5) is 20.0. The fraction of sp³-hybridized carbons (Fsp3) is 0.688. The van der Waals surface area contributed by atoms with Gasteiger partial charge < -0.3 is 15.4 Å². The first-order valence-corrected chi connectivity index (χ1v) is 7.76. The van der Waals surface area contributed by atoms with Crippen molar-refractivity contribution in [1.29, 1.82) is 0 Å². The van der Waals surface area contributed by atoms with Crippen LogP contribution in [0, 0.1) is 0 Å². The number of nitrogens with one attached hydrogen (secondary N) is 2. The maximum Gasteiger partial charge on any atom is 0.408 e. The molecule has 1 amide bonds. The highest BCUT2D eigenvalue weighted by atomic mass is 16.6. The summed E-state index contributed by atoms with van der Waals surface area (Å²) in [6.07, 6.45) is 6.33. The summed E-state index contributed by atoms with van der Waals surface area (Å²) in [6.45, 7) is 11.0. The number of hydrogen-bond donors (Lipinski definition) is 2. The number of nitrogens with zero attached hydrogens (tertiary/aromatic N) is 2. The van der Waals surface area contributed by atoms with Gasteiger partial charge in [0.25, 0.3) is 0 Å². The van der Waals surface area contributed by atoms with E-state index in [-0.39, 0.29) is 11.6 Å². The molecule has 0 aliphatic rings. The number of ether oxygens (including phenoxy) is 1. The van der Waals surface area contributed by atoms with Gasteiger partial charge in [0.15, 0.2) is 0 Å². The Morgan fingerprint density at radius 3 is 2.27 bits per heavy atom. The number of aromatic nitrogens is 2. The Bertz CT molecular complexity index is 453. The van der Waals surface area contributed by atoms with E-state index in [4.69, 9.17) is 4.74 Å². The molecule has 0 aliphatic carbocycles. The Labute approximate surface area is 133 Å². The minimum atomic E-state index is -0.494. The van der Waals surface area contributed by atoms with Crippen molar-refractivity contribution in [3.05, 3.63) is 24.3 Å². The first-order chi connectivity index (χ1) is 10.3. The van der Waals surface area contributed by atoms with E-state index in [2.05, 4.69) is 34.4 Å². The first-order valence-electron chi connectivity index (χ1n) is 7.76. The molecular weight excluding hydrogens is 280 g/mol. The van der Waals surface area contributed by atoms with Crippen molar-refractivity contribution in [2.24, 2.45) is 0 Å². The Kier molecular flexibility index (Phi) is 6.74. The molecule has 0 spiro atoms. The fourth-order valence-corrected chi connectivity index (χ4v) is 2.11. The summed E-state index contributed by atoms with van der Waals surface area (Å²) >= 11 is 0. The molecule has 0 unspecified atom stereocenters. The average Bonchev–Trinajstić information content (AvgIpc) is 2.45. The predicted octanol–water partition coefficient (Wildman–Crippen LogP) is 2.65. The normalized spacial score (nSPS) is 12.0. The smallest absolute Gasteiger partial charge is 0.408 e. The molecule has 1 aromatic rings. The SMILES string of the molecule is CCC(CC)(CNCc1cncnc1)NC(=O)OC(C)(C)C. The van der Waals surface area contributed by atoms with Crippen molar-refractivity contribution in [3.8, 4) is 0 Å². The molecule has 0 radical (unpaired) electrons. The number of rotatable bonds is 7. The van der Waals surface area contributed by atoms with Crippen LogP contribution in [-0.2, 0) is 11.3 Å². The van der Waals surface area contributed by atoms with E-state index in [0.717, 1.165) is 18.4 Å². The van der Waals surface area contributed by atoms with Gasteiger partial charge in [-0.25, -0.2) is 14.8 Å². The summed E-state index contributed by atoms with van der Waals surface area (Å²) in [6, 6.07) is 0. The molecule has 0 saturated carbocycles. The zero-order valence-corrected chi connectivity index (χ0v) is 14.3.